The molecule has 0 saturated carbocycles. The minimum atomic E-state index is -0.947. The molecular formula is C13H24N2O5. The van der Waals surface area contributed by atoms with Crippen LogP contribution in [0.1, 0.15) is 26.7 Å². The lowest BCUT2D eigenvalue weighted by atomic mass is 10.1. The molecule has 0 aromatic rings. The molecule has 7 heteroatoms. The molecule has 0 radical (unpaired) electrons. The number of urea groups is 1. The van der Waals surface area contributed by atoms with Crippen molar-refractivity contribution in [3.63, 3.8) is 0 Å². The number of carboxylic acid groups (broad SMARTS) is 1. The quantitative estimate of drug-likeness (QED) is 0.750. The fourth-order valence-electron chi connectivity index (χ4n) is 2.17. The van der Waals surface area contributed by atoms with Crippen LogP contribution in [0.2, 0.25) is 0 Å². The van der Waals surface area contributed by atoms with Crippen LogP contribution >= 0.6 is 0 Å². The molecule has 0 aromatic heterocycles. The van der Waals surface area contributed by atoms with Crippen LogP contribution in [-0.2, 0) is 14.3 Å². The van der Waals surface area contributed by atoms with Gasteiger partial charge in [0.2, 0.25) is 0 Å². The molecule has 0 aliphatic carbocycles. The fourth-order valence-corrected chi connectivity index (χ4v) is 2.17. The van der Waals surface area contributed by atoms with E-state index in [4.69, 9.17) is 14.6 Å². The van der Waals surface area contributed by atoms with Crippen LogP contribution in [0.3, 0.4) is 0 Å². The number of rotatable bonds is 6. The Morgan fingerprint density at radius 3 is 2.80 bits per heavy atom. The summed E-state index contributed by atoms with van der Waals surface area (Å²) in [5, 5.41) is 11.5. The van der Waals surface area contributed by atoms with Crippen molar-refractivity contribution in [3.8, 4) is 0 Å². The first-order chi connectivity index (χ1) is 9.47. The lowest BCUT2D eigenvalue weighted by molar-refractivity contribution is -0.139. The number of amides is 2. The maximum atomic E-state index is 12.2. The SMILES string of the molecule is CCC1COC(C)CN1C(=O)NCC(CC(=O)O)OC. The number of methoxy groups -OCH3 is 1. The van der Waals surface area contributed by atoms with E-state index >= 15 is 0 Å². The summed E-state index contributed by atoms with van der Waals surface area (Å²) in [5.41, 5.74) is 0. The lowest BCUT2D eigenvalue weighted by Crippen LogP contribution is -2.55. The van der Waals surface area contributed by atoms with E-state index in [0.29, 0.717) is 13.2 Å². The van der Waals surface area contributed by atoms with Gasteiger partial charge in [0.1, 0.15) is 0 Å². The van der Waals surface area contributed by atoms with Crippen molar-refractivity contribution < 1.29 is 24.2 Å². The molecule has 7 nitrogen and oxygen atoms in total. The van der Waals surface area contributed by atoms with Crippen molar-refractivity contribution in [2.45, 2.75) is 44.9 Å². The molecule has 2 N–H and O–H groups in total. The van der Waals surface area contributed by atoms with Crippen molar-refractivity contribution in [1.82, 2.24) is 10.2 Å². The van der Waals surface area contributed by atoms with E-state index in [9.17, 15) is 9.59 Å². The molecule has 1 aliphatic heterocycles. The second-order valence-corrected chi connectivity index (χ2v) is 5.00. The van der Waals surface area contributed by atoms with E-state index in [1.807, 2.05) is 13.8 Å². The number of nitrogens with one attached hydrogen (secondary N) is 1. The predicted octanol–water partition coefficient (Wildman–Crippen LogP) is 0.685. The van der Waals surface area contributed by atoms with Gasteiger partial charge in [-0.2, -0.15) is 0 Å². The Kier molecular flexibility index (Phi) is 6.74. The number of hydrogen-bond acceptors (Lipinski definition) is 4. The Morgan fingerprint density at radius 1 is 1.55 bits per heavy atom. The molecule has 1 heterocycles. The average Bonchev–Trinajstić information content (AvgIpc) is 2.42. The Bertz CT molecular complexity index is 337. The Hall–Kier alpha value is -1.34. The number of hydrogen-bond donors (Lipinski definition) is 2. The zero-order chi connectivity index (χ0) is 15.1. The first-order valence-electron chi connectivity index (χ1n) is 6.88. The van der Waals surface area contributed by atoms with Gasteiger partial charge >= 0.3 is 12.0 Å². The van der Waals surface area contributed by atoms with Gasteiger partial charge in [-0.3, -0.25) is 4.79 Å². The highest BCUT2D eigenvalue weighted by molar-refractivity contribution is 5.75. The monoisotopic (exact) mass is 288 g/mol. The highest BCUT2D eigenvalue weighted by atomic mass is 16.5. The number of ether oxygens (including phenoxy) is 2. The summed E-state index contributed by atoms with van der Waals surface area (Å²) in [6, 6.07) is -0.133. The molecule has 3 atom stereocenters. The van der Waals surface area contributed by atoms with Gasteiger partial charge in [0, 0.05) is 20.2 Å². The largest absolute Gasteiger partial charge is 0.481 e. The molecule has 1 fully saturated rings. The summed E-state index contributed by atoms with van der Waals surface area (Å²) in [5.74, 6) is -0.947. The van der Waals surface area contributed by atoms with E-state index in [-0.39, 0.29) is 31.1 Å². The van der Waals surface area contributed by atoms with Crippen LogP contribution in [0.15, 0.2) is 0 Å². The number of morpholine rings is 1. The van der Waals surface area contributed by atoms with E-state index < -0.39 is 12.1 Å². The number of carbonyl (C=O) groups is 2. The second kappa shape index (κ2) is 8.06. The molecule has 1 aliphatic rings. The van der Waals surface area contributed by atoms with Crippen molar-refractivity contribution >= 4 is 12.0 Å². The molecule has 2 amide bonds. The summed E-state index contributed by atoms with van der Waals surface area (Å²) >= 11 is 0. The zero-order valence-electron chi connectivity index (χ0n) is 12.3. The molecule has 0 spiro atoms. The van der Waals surface area contributed by atoms with Gasteiger partial charge in [-0.05, 0) is 13.3 Å². The maximum Gasteiger partial charge on any atom is 0.317 e. The molecule has 3 unspecified atom stereocenters. The molecule has 0 aromatic carbocycles. The normalized spacial score (nSPS) is 24.2. The molecule has 20 heavy (non-hydrogen) atoms. The average molecular weight is 288 g/mol. The van der Waals surface area contributed by atoms with E-state index in [0.717, 1.165) is 6.42 Å². The van der Waals surface area contributed by atoms with Crippen LogP contribution in [0.25, 0.3) is 0 Å². The summed E-state index contributed by atoms with van der Waals surface area (Å²) in [6.45, 7) is 5.19. The van der Waals surface area contributed by atoms with Gasteiger partial charge < -0.3 is 24.8 Å². The predicted molar refractivity (Wildman–Crippen MR) is 72.6 cm³/mol. The van der Waals surface area contributed by atoms with Crippen molar-refractivity contribution in [1.29, 1.82) is 0 Å². The number of aliphatic carboxylic acids is 1. The van der Waals surface area contributed by atoms with Gasteiger partial charge in [-0.1, -0.05) is 6.92 Å². The second-order valence-electron chi connectivity index (χ2n) is 5.00. The van der Waals surface area contributed by atoms with Gasteiger partial charge in [0.15, 0.2) is 0 Å². The molecule has 0 bridgehead atoms. The number of nitrogens with zero attached hydrogens (tertiary/aromatic N) is 1. The minimum absolute atomic E-state index is 0.0146. The summed E-state index contributed by atoms with van der Waals surface area (Å²) in [4.78, 5) is 24.6. The highest BCUT2D eigenvalue weighted by Gasteiger charge is 2.29. The Labute approximate surface area is 119 Å². The van der Waals surface area contributed by atoms with Crippen LogP contribution < -0.4 is 5.32 Å². The zero-order valence-corrected chi connectivity index (χ0v) is 12.3. The van der Waals surface area contributed by atoms with Crippen molar-refractivity contribution in [2.24, 2.45) is 0 Å². The molecule has 116 valence electrons. The Morgan fingerprint density at radius 2 is 2.25 bits per heavy atom. The molecular weight excluding hydrogens is 264 g/mol. The van der Waals surface area contributed by atoms with Gasteiger partial charge in [0.25, 0.3) is 0 Å². The number of carboxylic acids is 1. The number of carbonyl (C=O) groups excluding carboxylic acids is 1. The van der Waals surface area contributed by atoms with Crippen LogP contribution in [0.5, 0.6) is 0 Å². The van der Waals surface area contributed by atoms with E-state index in [2.05, 4.69) is 5.32 Å². The third kappa shape index (κ3) is 4.97. The highest BCUT2D eigenvalue weighted by Crippen LogP contribution is 2.14. The van der Waals surface area contributed by atoms with Crippen LogP contribution in [0.4, 0.5) is 4.79 Å². The third-order valence-corrected chi connectivity index (χ3v) is 3.42. The van der Waals surface area contributed by atoms with E-state index in [1.54, 1.807) is 4.90 Å². The van der Waals surface area contributed by atoms with E-state index in [1.165, 1.54) is 7.11 Å². The lowest BCUT2D eigenvalue weighted by Gasteiger charge is -2.38. The first-order valence-corrected chi connectivity index (χ1v) is 6.88. The molecule has 1 rings (SSSR count). The maximum absolute atomic E-state index is 12.2. The smallest absolute Gasteiger partial charge is 0.317 e. The molecule has 1 saturated heterocycles. The van der Waals surface area contributed by atoms with Gasteiger partial charge in [-0.25, -0.2) is 4.79 Å². The Balaban J connectivity index is 2.49. The first kappa shape index (κ1) is 16.7. The summed E-state index contributed by atoms with van der Waals surface area (Å²) in [7, 11) is 1.44. The minimum Gasteiger partial charge on any atom is -0.481 e. The van der Waals surface area contributed by atoms with Crippen molar-refractivity contribution in [3.05, 3.63) is 0 Å². The van der Waals surface area contributed by atoms with Crippen molar-refractivity contribution in [2.75, 3.05) is 26.8 Å². The topological polar surface area (TPSA) is 88.1 Å². The summed E-state index contributed by atoms with van der Waals surface area (Å²) in [6.07, 6.45) is 0.187. The van der Waals surface area contributed by atoms with Crippen LogP contribution in [-0.4, -0.2) is 67.1 Å². The van der Waals surface area contributed by atoms with Gasteiger partial charge in [0.05, 0.1) is 31.3 Å². The van der Waals surface area contributed by atoms with Gasteiger partial charge in [-0.15, -0.1) is 0 Å². The van der Waals surface area contributed by atoms with Crippen LogP contribution in [0, 0.1) is 0 Å². The summed E-state index contributed by atoms with van der Waals surface area (Å²) < 4.78 is 10.6. The standard InChI is InChI=1S/C13H24N2O5/c1-4-10-8-20-9(2)7-15(10)13(18)14-6-11(19-3)5-12(16)17/h9-11H,4-8H2,1-3H3,(H,14,18)(H,16,17). The third-order valence-electron chi connectivity index (χ3n) is 3.42. The fraction of sp³-hybridized carbons (Fsp3) is 0.846.